The van der Waals surface area contributed by atoms with Crippen molar-refractivity contribution < 1.29 is 0 Å². The highest BCUT2D eigenvalue weighted by Crippen LogP contribution is 2.35. The third kappa shape index (κ3) is 3.91. The van der Waals surface area contributed by atoms with Crippen molar-refractivity contribution in [3.8, 4) is 0 Å². The molecule has 0 bridgehead atoms. The average molecular weight is 312 g/mol. The lowest BCUT2D eigenvalue weighted by Gasteiger charge is -2.30. The van der Waals surface area contributed by atoms with E-state index in [9.17, 15) is 0 Å². The molecule has 0 spiro atoms. The molecule has 1 unspecified atom stereocenters. The first-order chi connectivity index (χ1) is 6.27. The van der Waals surface area contributed by atoms with Crippen molar-refractivity contribution in [1.29, 1.82) is 0 Å². The highest BCUT2D eigenvalue weighted by Gasteiger charge is 2.24. The van der Waals surface area contributed by atoms with E-state index >= 15 is 0 Å². The van der Waals surface area contributed by atoms with Crippen molar-refractivity contribution in [3.63, 3.8) is 0 Å². The van der Waals surface area contributed by atoms with Gasteiger partial charge in [-0.3, -0.25) is 0 Å². The van der Waals surface area contributed by atoms with Gasteiger partial charge in [-0.1, -0.05) is 64.5 Å². The predicted octanol–water partition coefficient (Wildman–Crippen LogP) is 4.75. The summed E-state index contributed by atoms with van der Waals surface area (Å²) in [5.41, 5.74) is 0. The standard InChI is InChI=1S/C11H20Br2/c1-2-3-9-4-6-10(7-5-9)11(13)8-12/h9-11H,2-8H2,1H3. The average Bonchev–Trinajstić information content (AvgIpc) is 2.18. The third-order valence-electron chi connectivity index (χ3n) is 3.25. The van der Waals surface area contributed by atoms with Crippen LogP contribution >= 0.6 is 31.9 Å². The van der Waals surface area contributed by atoms with Gasteiger partial charge in [-0.05, 0) is 24.7 Å². The molecule has 0 aromatic heterocycles. The Morgan fingerprint density at radius 1 is 1.23 bits per heavy atom. The molecule has 0 saturated heterocycles. The maximum atomic E-state index is 3.75. The van der Waals surface area contributed by atoms with Gasteiger partial charge in [0.15, 0.2) is 0 Å². The molecule has 1 rings (SSSR count). The summed E-state index contributed by atoms with van der Waals surface area (Å²) < 4.78 is 0. The number of hydrogen-bond acceptors (Lipinski definition) is 0. The minimum atomic E-state index is 0.704. The molecule has 0 aliphatic heterocycles. The summed E-state index contributed by atoms with van der Waals surface area (Å²) in [5.74, 6) is 1.96. The second kappa shape index (κ2) is 6.44. The van der Waals surface area contributed by atoms with Gasteiger partial charge in [0.2, 0.25) is 0 Å². The van der Waals surface area contributed by atoms with E-state index in [-0.39, 0.29) is 0 Å². The summed E-state index contributed by atoms with van der Waals surface area (Å²) >= 11 is 7.30. The van der Waals surface area contributed by atoms with Crippen LogP contribution in [0.1, 0.15) is 45.4 Å². The monoisotopic (exact) mass is 310 g/mol. The molecule has 78 valence electrons. The molecule has 13 heavy (non-hydrogen) atoms. The molecule has 0 amide bonds. The zero-order chi connectivity index (χ0) is 9.68. The highest BCUT2D eigenvalue weighted by atomic mass is 79.9. The van der Waals surface area contributed by atoms with Crippen LogP contribution in [0, 0.1) is 11.8 Å². The van der Waals surface area contributed by atoms with E-state index in [0.717, 1.165) is 17.2 Å². The van der Waals surface area contributed by atoms with E-state index in [1.807, 2.05) is 0 Å². The van der Waals surface area contributed by atoms with E-state index in [4.69, 9.17) is 0 Å². The normalized spacial score (nSPS) is 31.6. The van der Waals surface area contributed by atoms with E-state index < -0.39 is 0 Å². The molecule has 0 radical (unpaired) electrons. The molecule has 1 fully saturated rings. The molecule has 1 aliphatic carbocycles. The first-order valence-electron chi connectivity index (χ1n) is 5.48. The highest BCUT2D eigenvalue weighted by molar-refractivity contribution is 9.12. The maximum Gasteiger partial charge on any atom is 0.0271 e. The minimum absolute atomic E-state index is 0.704. The van der Waals surface area contributed by atoms with E-state index in [2.05, 4.69) is 38.8 Å². The zero-order valence-corrected chi connectivity index (χ0v) is 11.6. The van der Waals surface area contributed by atoms with Crippen LogP contribution in [0.25, 0.3) is 0 Å². The molecule has 0 aromatic rings. The molecular formula is C11H20Br2. The summed E-state index contributed by atoms with van der Waals surface area (Å²) in [6.45, 7) is 2.30. The Morgan fingerprint density at radius 3 is 2.31 bits per heavy atom. The van der Waals surface area contributed by atoms with Gasteiger partial charge in [-0.15, -0.1) is 0 Å². The van der Waals surface area contributed by atoms with Gasteiger partial charge in [0.1, 0.15) is 0 Å². The van der Waals surface area contributed by atoms with Gasteiger partial charge in [0.25, 0.3) is 0 Å². The first-order valence-corrected chi connectivity index (χ1v) is 7.51. The van der Waals surface area contributed by atoms with Gasteiger partial charge in [0.05, 0.1) is 0 Å². The zero-order valence-electron chi connectivity index (χ0n) is 8.44. The van der Waals surface area contributed by atoms with Crippen LogP contribution < -0.4 is 0 Å². The summed E-state index contributed by atoms with van der Waals surface area (Å²) in [4.78, 5) is 0.704. The van der Waals surface area contributed by atoms with Crippen LogP contribution in [0.2, 0.25) is 0 Å². The third-order valence-corrected chi connectivity index (χ3v) is 5.89. The minimum Gasteiger partial charge on any atom is -0.0916 e. The lowest BCUT2D eigenvalue weighted by atomic mass is 9.79. The fourth-order valence-electron chi connectivity index (χ4n) is 2.37. The Bertz CT molecular complexity index is 128. The van der Waals surface area contributed by atoms with Gasteiger partial charge < -0.3 is 0 Å². The summed E-state index contributed by atoms with van der Waals surface area (Å²) in [6, 6.07) is 0. The Balaban J connectivity index is 2.22. The first kappa shape index (κ1) is 12.0. The van der Waals surface area contributed by atoms with Gasteiger partial charge in [0, 0.05) is 10.2 Å². The Kier molecular flexibility index (Phi) is 5.96. The molecule has 0 nitrogen and oxygen atoms in total. The van der Waals surface area contributed by atoms with Crippen molar-refractivity contribution in [2.75, 3.05) is 5.33 Å². The van der Waals surface area contributed by atoms with E-state index in [1.54, 1.807) is 0 Å². The molecule has 0 heterocycles. The lowest BCUT2D eigenvalue weighted by Crippen LogP contribution is -2.22. The van der Waals surface area contributed by atoms with Crippen LogP contribution in [-0.2, 0) is 0 Å². The van der Waals surface area contributed by atoms with E-state index in [1.165, 1.54) is 38.5 Å². The SMILES string of the molecule is CCCC1CCC(C(Br)CBr)CC1. The number of halogens is 2. The van der Waals surface area contributed by atoms with Crippen LogP contribution in [0.15, 0.2) is 0 Å². The fraction of sp³-hybridized carbons (Fsp3) is 1.00. The van der Waals surface area contributed by atoms with E-state index in [0.29, 0.717) is 4.83 Å². The molecule has 0 aromatic carbocycles. The van der Waals surface area contributed by atoms with Crippen LogP contribution in [-0.4, -0.2) is 10.2 Å². The van der Waals surface area contributed by atoms with Crippen molar-refractivity contribution in [1.82, 2.24) is 0 Å². The number of hydrogen-bond donors (Lipinski definition) is 0. The summed E-state index contributed by atoms with van der Waals surface area (Å²) in [5, 5.41) is 1.11. The van der Waals surface area contributed by atoms with Crippen LogP contribution in [0.5, 0.6) is 0 Å². The lowest BCUT2D eigenvalue weighted by molar-refractivity contribution is 0.264. The van der Waals surface area contributed by atoms with Gasteiger partial charge in [-0.2, -0.15) is 0 Å². The van der Waals surface area contributed by atoms with Crippen LogP contribution in [0.3, 0.4) is 0 Å². The molecular weight excluding hydrogens is 292 g/mol. The van der Waals surface area contributed by atoms with Gasteiger partial charge in [-0.25, -0.2) is 0 Å². The number of rotatable bonds is 4. The molecule has 0 N–H and O–H groups in total. The number of alkyl halides is 2. The predicted molar refractivity (Wildman–Crippen MR) is 66.9 cm³/mol. The molecule has 1 aliphatic rings. The second-order valence-corrected chi connectivity index (χ2v) is 6.06. The summed E-state index contributed by atoms with van der Waals surface area (Å²) in [6.07, 6.45) is 8.62. The van der Waals surface area contributed by atoms with Crippen molar-refractivity contribution in [2.24, 2.45) is 11.8 Å². The smallest absolute Gasteiger partial charge is 0.0271 e. The molecule has 1 saturated carbocycles. The Labute approximate surface area is 99.1 Å². The van der Waals surface area contributed by atoms with Crippen molar-refractivity contribution >= 4 is 31.9 Å². The summed E-state index contributed by atoms with van der Waals surface area (Å²) in [7, 11) is 0. The van der Waals surface area contributed by atoms with Crippen molar-refractivity contribution in [3.05, 3.63) is 0 Å². The Hall–Kier alpha value is 0.960. The quantitative estimate of drug-likeness (QED) is 0.657. The topological polar surface area (TPSA) is 0 Å². The maximum absolute atomic E-state index is 3.75. The largest absolute Gasteiger partial charge is 0.0916 e. The fourth-order valence-corrected chi connectivity index (χ4v) is 3.43. The van der Waals surface area contributed by atoms with Gasteiger partial charge >= 0.3 is 0 Å². The van der Waals surface area contributed by atoms with Crippen molar-refractivity contribution in [2.45, 2.75) is 50.3 Å². The molecule has 1 atom stereocenters. The second-order valence-electron chi connectivity index (χ2n) is 4.24. The molecule has 2 heteroatoms. The Morgan fingerprint density at radius 2 is 1.85 bits per heavy atom. The van der Waals surface area contributed by atoms with Crippen LogP contribution in [0.4, 0.5) is 0 Å².